The lowest BCUT2D eigenvalue weighted by atomic mass is 10.1. The summed E-state index contributed by atoms with van der Waals surface area (Å²) in [6.45, 7) is 4.81. The number of hydrogen-bond donors (Lipinski definition) is 2. The van der Waals surface area contributed by atoms with Crippen molar-refractivity contribution in [3.63, 3.8) is 0 Å². The summed E-state index contributed by atoms with van der Waals surface area (Å²) in [5.74, 6) is -0.385. The van der Waals surface area contributed by atoms with Gasteiger partial charge in [-0.15, -0.1) is 0 Å². The number of para-hydroxylation sites is 1. The van der Waals surface area contributed by atoms with Gasteiger partial charge in [0.15, 0.2) is 11.5 Å². The highest BCUT2D eigenvalue weighted by molar-refractivity contribution is 5.97. The van der Waals surface area contributed by atoms with E-state index in [0.717, 1.165) is 6.42 Å². The first kappa shape index (κ1) is 13.4. The second-order valence-corrected chi connectivity index (χ2v) is 4.58. The summed E-state index contributed by atoms with van der Waals surface area (Å²) in [6, 6.07) is 4.39. The Bertz CT molecular complexity index is 402. The summed E-state index contributed by atoms with van der Waals surface area (Å²) in [4.78, 5) is 13.5. The predicted molar refractivity (Wildman–Crippen MR) is 66.2 cm³/mol. The normalized spacial score (nSPS) is 10.6. The lowest BCUT2D eigenvalue weighted by molar-refractivity contribution is 0.0785. The fourth-order valence-electron chi connectivity index (χ4n) is 1.46. The first-order valence-electron chi connectivity index (χ1n) is 5.70. The maximum Gasteiger partial charge on any atom is 0.257 e. The number of phenolic OH excluding ortho intramolecular Hbond substituents is 2. The summed E-state index contributed by atoms with van der Waals surface area (Å²) in [7, 11) is 1.69. The molecule has 1 aromatic carbocycles. The lowest BCUT2D eigenvalue weighted by Gasteiger charge is -2.19. The third-order valence-electron chi connectivity index (χ3n) is 2.63. The predicted octanol–water partition coefficient (Wildman–Crippen LogP) is 2.22. The van der Waals surface area contributed by atoms with E-state index in [2.05, 4.69) is 13.8 Å². The van der Waals surface area contributed by atoms with E-state index in [0.29, 0.717) is 12.5 Å². The minimum absolute atomic E-state index is 0.135. The number of nitrogens with zero attached hydrogens (tertiary/aromatic N) is 1. The van der Waals surface area contributed by atoms with Crippen LogP contribution in [0.15, 0.2) is 18.2 Å². The van der Waals surface area contributed by atoms with Gasteiger partial charge in [0, 0.05) is 13.6 Å². The lowest BCUT2D eigenvalue weighted by Crippen LogP contribution is -2.28. The van der Waals surface area contributed by atoms with Gasteiger partial charge in [0.05, 0.1) is 5.56 Å². The van der Waals surface area contributed by atoms with Crippen molar-refractivity contribution < 1.29 is 15.0 Å². The number of phenols is 2. The number of rotatable bonds is 4. The molecule has 0 saturated carbocycles. The summed E-state index contributed by atoms with van der Waals surface area (Å²) in [5, 5.41) is 18.9. The number of amides is 1. The Hall–Kier alpha value is -1.71. The largest absolute Gasteiger partial charge is 0.504 e. The number of hydrogen-bond acceptors (Lipinski definition) is 3. The standard InChI is InChI=1S/C13H19NO3/c1-9(2)7-8-14(3)13(17)10-5-4-6-11(15)12(10)16/h4-6,9,15-16H,7-8H2,1-3H3. The summed E-state index contributed by atoms with van der Waals surface area (Å²) in [6.07, 6.45) is 0.905. The highest BCUT2D eigenvalue weighted by Crippen LogP contribution is 2.28. The van der Waals surface area contributed by atoms with E-state index in [1.54, 1.807) is 18.0 Å². The van der Waals surface area contributed by atoms with Crippen molar-refractivity contribution in [2.75, 3.05) is 13.6 Å². The molecule has 0 saturated heterocycles. The molecule has 0 bridgehead atoms. The van der Waals surface area contributed by atoms with Crippen LogP contribution in [0.1, 0.15) is 30.6 Å². The van der Waals surface area contributed by atoms with E-state index in [1.807, 2.05) is 0 Å². The molecule has 0 fully saturated rings. The molecule has 0 heterocycles. The molecular formula is C13H19NO3. The third kappa shape index (κ3) is 3.37. The Morgan fingerprint density at radius 2 is 2.00 bits per heavy atom. The van der Waals surface area contributed by atoms with Crippen LogP contribution in [0.5, 0.6) is 11.5 Å². The molecule has 0 aliphatic rings. The molecule has 0 atom stereocenters. The van der Waals surface area contributed by atoms with Crippen LogP contribution < -0.4 is 0 Å². The molecule has 4 heteroatoms. The van der Waals surface area contributed by atoms with E-state index >= 15 is 0 Å². The van der Waals surface area contributed by atoms with Gasteiger partial charge in [-0.1, -0.05) is 19.9 Å². The van der Waals surface area contributed by atoms with Crippen LogP contribution in [0.3, 0.4) is 0 Å². The van der Waals surface area contributed by atoms with Crippen molar-refractivity contribution in [3.8, 4) is 11.5 Å². The van der Waals surface area contributed by atoms with Gasteiger partial charge >= 0.3 is 0 Å². The molecule has 4 nitrogen and oxygen atoms in total. The molecule has 1 rings (SSSR count). The topological polar surface area (TPSA) is 60.8 Å². The van der Waals surface area contributed by atoms with Gasteiger partial charge in [0.2, 0.25) is 0 Å². The maximum atomic E-state index is 12.0. The number of benzene rings is 1. The molecule has 0 unspecified atom stereocenters. The summed E-state index contributed by atoms with van der Waals surface area (Å²) < 4.78 is 0. The van der Waals surface area contributed by atoms with Crippen LogP contribution in [-0.2, 0) is 0 Å². The smallest absolute Gasteiger partial charge is 0.257 e. The molecule has 2 N–H and O–H groups in total. The third-order valence-corrected chi connectivity index (χ3v) is 2.63. The van der Waals surface area contributed by atoms with Crippen molar-refractivity contribution in [1.82, 2.24) is 4.90 Å². The van der Waals surface area contributed by atoms with Crippen LogP contribution in [0.4, 0.5) is 0 Å². The minimum atomic E-state index is -0.353. The number of carbonyl (C=O) groups is 1. The van der Waals surface area contributed by atoms with Crippen molar-refractivity contribution >= 4 is 5.91 Å². The Balaban J connectivity index is 2.78. The van der Waals surface area contributed by atoms with Gasteiger partial charge in [-0.25, -0.2) is 0 Å². The van der Waals surface area contributed by atoms with Crippen LogP contribution in [0.2, 0.25) is 0 Å². The average Bonchev–Trinajstić information content (AvgIpc) is 2.28. The summed E-state index contributed by atoms with van der Waals surface area (Å²) in [5.41, 5.74) is 0.135. The number of aromatic hydroxyl groups is 2. The zero-order chi connectivity index (χ0) is 13.0. The van der Waals surface area contributed by atoms with Gasteiger partial charge in [-0.3, -0.25) is 4.79 Å². The fourth-order valence-corrected chi connectivity index (χ4v) is 1.46. The van der Waals surface area contributed by atoms with E-state index in [-0.39, 0.29) is 23.0 Å². The molecule has 1 amide bonds. The average molecular weight is 237 g/mol. The van der Waals surface area contributed by atoms with Crippen LogP contribution >= 0.6 is 0 Å². The van der Waals surface area contributed by atoms with Gasteiger partial charge in [0.25, 0.3) is 5.91 Å². The molecule has 0 aromatic heterocycles. The second kappa shape index (κ2) is 5.57. The molecule has 0 aliphatic carbocycles. The Morgan fingerprint density at radius 3 is 2.59 bits per heavy atom. The van der Waals surface area contributed by atoms with Crippen LogP contribution in [-0.4, -0.2) is 34.6 Å². The highest BCUT2D eigenvalue weighted by Gasteiger charge is 2.17. The van der Waals surface area contributed by atoms with Gasteiger partial charge in [-0.05, 0) is 24.5 Å². The van der Waals surface area contributed by atoms with Crippen molar-refractivity contribution in [2.45, 2.75) is 20.3 Å². The second-order valence-electron chi connectivity index (χ2n) is 4.58. The molecule has 0 spiro atoms. The Kier molecular flexibility index (Phi) is 4.37. The van der Waals surface area contributed by atoms with Crippen molar-refractivity contribution in [2.24, 2.45) is 5.92 Å². The van der Waals surface area contributed by atoms with E-state index in [4.69, 9.17) is 0 Å². The highest BCUT2D eigenvalue weighted by atomic mass is 16.3. The number of carbonyl (C=O) groups excluding carboxylic acids is 1. The molecule has 1 aromatic rings. The Morgan fingerprint density at radius 1 is 1.35 bits per heavy atom. The Labute approximate surface area is 101 Å². The van der Waals surface area contributed by atoms with Crippen molar-refractivity contribution in [1.29, 1.82) is 0 Å². The SMILES string of the molecule is CC(C)CCN(C)C(=O)c1cccc(O)c1O. The first-order chi connectivity index (χ1) is 7.93. The zero-order valence-electron chi connectivity index (χ0n) is 10.5. The molecule has 0 radical (unpaired) electrons. The minimum Gasteiger partial charge on any atom is -0.504 e. The van der Waals surface area contributed by atoms with Crippen LogP contribution in [0, 0.1) is 5.92 Å². The molecule has 0 aliphatic heterocycles. The van der Waals surface area contributed by atoms with E-state index in [1.165, 1.54) is 12.1 Å². The quantitative estimate of drug-likeness (QED) is 0.789. The first-order valence-corrected chi connectivity index (χ1v) is 5.70. The van der Waals surface area contributed by atoms with E-state index in [9.17, 15) is 15.0 Å². The van der Waals surface area contributed by atoms with Gasteiger partial charge < -0.3 is 15.1 Å². The van der Waals surface area contributed by atoms with Crippen LogP contribution in [0.25, 0.3) is 0 Å². The zero-order valence-corrected chi connectivity index (χ0v) is 10.5. The summed E-state index contributed by atoms with van der Waals surface area (Å²) >= 11 is 0. The van der Waals surface area contributed by atoms with Crippen molar-refractivity contribution in [3.05, 3.63) is 23.8 Å². The maximum absolute atomic E-state index is 12.0. The van der Waals surface area contributed by atoms with Gasteiger partial charge in [-0.2, -0.15) is 0 Å². The monoisotopic (exact) mass is 237 g/mol. The molecular weight excluding hydrogens is 218 g/mol. The van der Waals surface area contributed by atoms with Gasteiger partial charge in [0.1, 0.15) is 0 Å². The molecule has 17 heavy (non-hydrogen) atoms. The van der Waals surface area contributed by atoms with E-state index < -0.39 is 0 Å². The molecule has 94 valence electrons. The fraction of sp³-hybridized carbons (Fsp3) is 0.462.